The van der Waals surface area contributed by atoms with Crippen molar-refractivity contribution < 1.29 is 32.6 Å². The van der Waals surface area contributed by atoms with Crippen LogP contribution in [0.15, 0.2) is 34.7 Å². The van der Waals surface area contributed by atoms with E-state index < -0.39 is 23.5 Å². The number of hydrogen-bond acceptors (Lipinski definition) is 8. The Morgan fingerprint density at radius 1 is 1.09 bits per heavy atom. The molecule has 3 aromatic rings. The van der Waals surface area contributed by atoms with Crippen molar-refractivity contribution in [2.24, 2.45) is 5.92 Å². The molecule has 1 aliphatic rings. The lowest BCUT2D eigenvalue weighted by Gasteiger charge is -2.26. The number of aryl methyl sites for hydroxylation is 1. The van der Waals surface area contributed by atoms with E-state index in [1.54, 1.807) is 19.1 Å². The number of carbonyl (C=O) groups is 2. The number of nitrogens with one attached hydrogen (secondary N) is 2. The van der Waals surface area contributed by atoms with Gasteiger partial charge in [0.05, 0.1) is 17.3 Å². The van der Waals surface area contributed by atoms with Gasteiger partial charge < -0.3 is 24.9 Å². The first-order valence-corrected chi connectivity index (χ1v) is 10.5. The molecular weight excluding hydrogens is 452 g/mol. The molecule has 1 saturated carbocycles. The van der Waals surface area contributed by atoms with Gasteiger partial charge in [-0.05, 0) is 50.8 Å². The normalized spacial score (nSPS) is 17.7. The van der Waals surface area contributed by atoms with Crippen LogP contribution in [0.1, 0.15) is 42.1 Å². The first-order chi connectivity index (χ1) is 16.3. The molecule has 0 aliphatic heterocycles. The van der Waals surface area contributed by atoms with Crippen molar-refractivity contribution in [2.45, 2.75) is 38.7 Å². The summed E-state index contributed by atoms with van der Waals surface area (Å²) in [5.41, 5.74) is 1.06. The van der Waals surface area contributed by atoms with E-state index in [1.807, 2.05) is 0 Å². The van der Waals surface area contributed by atoms with Crippen molar-refractivity contribution in [1.82, 2.24) is 15.2 Å². The number of ether oxygens (including phenoxy) is 1. The number of nitrogens with zero attached hydrogens (tertiary/aromatic N) is 3. The van der Waals surface area contributed by atoms with Gasteiger partial charge in [0, 0.05) is 17.8 Å². The Bertz CT molecular complexity index is 1210. The summed E-state index contributed by atoms with van der Waals surface area (Å²) >= 11 is 0. The van der Waals surface area contributed by atoms with Gasteiger partial charge in [0.15, 0.2) is 11.6 Å². The average Bonchev–Trinajstić information content (AvgIpc) is 3.27. The Morgan fingerprint density at radius 3 is 2.53 bits per heavy atom. The highest BCUT2D eigenvalue weighted by Crippen LogP contribution is 2.28. The quantitative estimate of drug-likeness (QED) is 0.463. The van der Waals surface area contributed by atoms with Crippen LogP contribution in [0.2, 0.25) is 0 Å². The van der Waals surface area contributed by atoms with Crippen molar-refractivity contribution in [3.63, 3.8) is 0 Å². The topological polar surface area (TPSA) is 139 Å². The van der Waals surface area contributed by atoms with Crippen LogP contribution in [0.5, 0.6) is 5.88 Å². The second-order valence-corrected chi connectivity index (χ2v) is 7.83. The highest BCUT2D eigenvalue weighted by molar-refractivity contribution is 6.01. The molecular formula is C22H21F2N5O5. The van der Waals surface area contributed by atoms with Crippen LogP contribution < -0.4 is 15.4 Å². The largest absolute Gasteiger partial charge is 0.481 e. The molecule has 0 radical (unpaired) electrons. The van der Waals surface area contributed by atoms with Crippen LogP contribution in [0, 0.1) is 24.5 Å². The third-order valence-electron chi connectivity index (χ3n) is 5.41. The number of amides is 1. The molecule has 0 bridgehead atoms. The lowest BCUT2D eigenvalue weighted by atomic mass is 9.87. The average molecular weight is 473 g/mol. The lowest BCUT2D eigenvalue weighted by Crippen LogP contribution is -2.28. The number of pyridine rings is 1. The number of carbonyl (C=O) groups excluding carboxylic acids is 1. The molecule has 0 unspecified atom stereocenters. The molecule has 4 rings (SSSR count). The number of halogens is 2. The highest BCUT2D eigenvalue weighted by atomic mass is 19.2. The van der Waals surface area contributed by atoms with E-state index in [2.05, 4.69) is 25.8 Å². The van der Waals surface area contributed by atoms with E-state index in [9.17, 15) is 18.4 Å². The fourth-order valence-electron chi connectivity index (χ4n) is 3.57. The molecule has 178 valence electrons. The van der Waals surface area contributed by atoms with Crippen LogP contribution in [0.4, 0.5) is 26.2 Å². The van der Waals surface area contributed by atoms with Gasteiger partial charge in [-0.3, -0.25) is 9.59 Å². The summed E-state index contributed by atoms with van der Waals surface area (Å²) in [5.74, 6) is -3.81. The van der Waals surface area contributed by atoms with E-state index in [1.165, 1.54) is 6.07 Å². The van der Waals surface area contributed by atoms with Crippen molar-refractivity contribution >= 4 is 29.3 Å². The predicted molar refractivity (Wildman–Crippen MR) is 115 cm³/mol. The van der Waals surface area contributed by atoms with Gasteiger partial charge >= 0.3 is 23.8 Å². The van der Waals surface area contributed by atoms with Crippen LogP contribution >= 0.6 is 0 Å². The molecule has 2 heterocycles. The Morgan fingerprint density at radius 2 is 1.85 bits per heavy atom. The molecule has 1 aliphatic carbocycles. The molecule has 0 saturated heterocycles. The zero-order valence-electron chi connectivity index (χ0n) is 18.0. The third-order valence-corrected chi connectivity index (χ3v) is 5.41. The molecule has 0 atom stereocenters. The van der Waals surface area contributed by atoms with Crippen LogP contribution in [0.25, 0.3) is 0 Å². The Balaban J connectivity index is 1.34. The zero-order valence-corrected chi connectivity index (χ0v) is 18.0. The number of anilines is 3. The number of carboxylic acids is 1. The Hall–Kier alpha value is -4.09. The van der Waals surface area contributed by atoms with Crippen LogP contribution in [-0.2, 0) is 4.79 Å². The van der Waals surface area contributed by atoms with Gasteiger partial charge in [0.2, 0.25) is 5.88 Å². The van der Waals surface area contributed by atoms with Gasteiger partial charge in [-0.1, -0.05) is 5.10 Å². The minimum absolute atomic E-state index is 0.109. The van der Waals surface area contributed by atoms with Crippen molar-refractivity contribution in [1.29, 1.82) is 0 Å². The number of carboxylic acid groups (broad SMARTS) is 1. The smallest absolute Gasteiger partial charge is 0.320 e. The number of benzene rings is 1. The van der Waals surface area contributed by atoms with E-state index in [4.69, 9.17) is 14.3 Å². The van der Waals surface area contributed by atoms with Gasteiger partial charge in [-0.2, -0.15) is 0 Å². The van der Waals surface area contributed by atoms with E-state index >= 15 is 0 Å². The lowest BCUT2D eigenvalue weighted by molar-refractivity contribution is -0.143. The van der Waals surface area contributed by atoms with Gasteiger partial charge in [-0.15, -0.1) is 5.10 Å². The maximum absolute atomic E-state index is 13.3. The fraction of sp³-hybridized carbons (Fsp3) is 0.318. The van der Waals surface area contributed by atoms with Gasteiger partial charge in [-0.25, -0.2) is 13.8 Å². The monoisotopic (exact) mass is 473 g/mol. The first-order valence-electron chi connectivity index (χ1n) is 10.5. The molecule has 1 fully saturated rings. The maximum atomic E-state index is 13.3. The van der Waals surface area contributed by atoms with Crippen molar-refractivity contribution in [3.05, 3.63) is 53.6 Å². The minimum Gasteiger partial charge on any atom is -0.481 e. The number of hydrogen-bond donors (Lipinski definition) is 3. The summed E-state index contributed by atoms with van der Waals surface area (Å²) < 4.78 is 37.4. The molecule has 0 spiro atoms. The summed E-state index contributed by atoms with van der Waals surface area (Å²) in [5, 5.41) is 21.6. The van der Waals surface area contributed by atoms with Crippen molar-refractivity contribution in [3.8, 4) is 5.88 Å². The van der Waals surface area contributed by atoms with E-state index in [0.29, 0.717) is 42.9 Å². The molecule has 2 aromatic heterocycles. The first kappa shape index (κ1) is 23.1. The number of aromatic nitrogens is 3. The predicted octanol–water partition coefficient (Wildman–Crippen LogP) is 4.07. The summed E-state index contributed by atoms with van der Waals surface area (Å²) in [6, 6.07) is 6.18. The summed E-state index contributed by atoms with van der Waals surface area (Å²) in [4.78, 5) is 27.9. The fourth-order valence-corrected chi connectivity index (χ4v) is 3.57. The summed E-state index contributed by atoms with van der Waals surface area (Å²) in [6.07, 6.45) is 2.28. The summed E-state index contributed by atoms with van der Waals surface area (Å²) in [7, 11) is 0. The molecule has 10 nitrogen and oxygen atoms in total. The van der Waals surface area contributed by atoms with E-state index in [-0.39, 0.29) is 29.6 Å². The molecule has 12 heteroatoms. The standard InChI is InChI=1S/C22H21F2N5O5/c1-11-17(8-9-18(25-11)33-14-5-2-12(3-6-14)21(31)32)27-19(30)20-28-29-22(34-20)26-13-4-7-15(23)16(24)10-13/h4,7-10,12,14H,2-3,5-6H2,1H3,(H,26,29)(H,27,30)(H,31,32)/t12-,14+. The number of aliphatic carboxylic acids is 1. The number of rotatable bonds is 7. The van der Waals surface area contributed by atoms with Gasteiger partial charge in [0.1, 0.15) is 6.10 Å². The van der Waals surface area contributed by atoms with E-state index in [0.717, 1.165) is 12.1 Å². The van der Waals surface area contributed by atoms with Crippen LogP contribution in [0.3, 0.4) is 0 Å². The highest BCUT2D eigenvalue weighted by Gasteiger charge is 2.27. The summed E-state index contributed by atoms with van der Waals surface area (Å²) in [6.45, 7) is 1.69. The SMILES string of the molecule is Cc1nc(O[C@H]2CC[C@@H](C(=O)O)CC2)ccc1NC(=O)c1nnc(Nc2ccc(F)c(F)c2)o1. The van der Waals surface area contributed by atoms with Crippen LogP contribution in [-0.4, -0.2) is 38.3 Å². The molecule has 3 N–H and O–H groups in total. The maximum Gasteiger partial charge on any atom is 0.320 e. The second-order valence-electron chi connectivity index (χ2n) is 7.83. The Kier molecular flexibility index (Phi) is 6.66. The molecule has 34 heavy (non-hydrogen) atoms. The van der Waals surface area contributed by atoms with Crippen molar-refractivity contribution in [2.75, 3.05) is 10.6 Å². The minimum atomic E-state index is -1.05. The Labute approximate surface area is 192 Å². The molecule has 1 amide bonds. The second kappa shape index (κ2) is 9.81. The van der Waals surface area contributed by atoms with Gasteiger partial charge in [0.25, 0.3) is 0 Å². The zero-order chi connectivity index (χ0) is 24.2. The molecule has 1 aromatic carbocycles. The third kappa shape index (κ3) is 5.45.